The molecule has 3 aromatic rings. The van der Waals surface area contributed by atoms with Crippen LogP contribution in [0, 0.1) is 13.8 Å². The Morgan fingerprint density at radius 3 is 2.64 bits per heavy atom. The Hall–Kier alpha value is -2.73. The number of benzene rings is 2. The van der Waals surface area contributed by atoms with Crippen LogP contribution in [0.15, 0.2) is 50.7 Å². The zero-order valence-electron chi connectivity index (χ0n) is 16.3. The Morgan fingerprint density at radius 1 is 1.25 bits per heavy atom. The van der Waals surface area contributed by atoms with Gasteiger partial charge in [0.1, 0.15) is 5.58 Å². The summed E-state index contributed by atoms with van der Waals surface area (Å²) in [6, 6.07) is 10.3. The number of carbonyl (C=O) groups is 1. The molecule has 0 spiro atoms. The molecule has 0 fully saturated rings. The predicted octanol–water partition coefficient (Wildman–Crippen LogP) is 5.39. The first-order chi connectivity index (χ1) is 13.3. The maximum Gasteiger partial charge on any atom is 0.337 e. The van der Waals surface area contributed by atoms with Gasteiger partial charge in [0.05, 0.1) is 17.0 Å². The van der Waals surface area contributed by atoms with E-state index in [1.807, 2.05) is 32.9 Å². The zero-order chi connectivity index (χ0) is 20.4. The van der Waals surface area contributed by atoms with Crippen molar-refractivity contribution in [2.75, 3.05) is 11.1 Å². The van der Waals surface area contributed by atoms with Gasteiger partial charge in [-0.3, -0.25) is 4.79 Å². The van der Waals surface area contributed by atoms with Gasteiger partial charge in [0, 0.05) is 16.8 Å². The summed E-state index contributed by atoms with van der Waals surface area (Å²) in [5.74, 6) is -0.191. The molecule has 0 aliphatic carbocycles. The van der Waals surface area contributed by atoms with E-state index in [4.69, 9.17) is 4.42 Å². The van der Waals surface area contributed by atoms with Crippen molar-refractivity contribution in [3.8, 4) is 0 Å². The summed E-state index contributed by atoms with van der Waals surface area (Å²) in [6.07, 6.45) is 0. The maximum absolute atomic E-state index is 12.9. The number of fused-ring (bicyclic) bond motifs is 1. The molecule has 1 heterocycles. The highest BCUT2D eigenvalue weighted by Crippen LogP contribution is 2.32. The van der Waals surface area contributed by atoms with Crippen molar-refractivity contribution in [3.05, 3.63) is 68.9 Å². The summed E-state index contributed by atoms with van der Waals surface area (Å²) >= 11 is 1.50. The van der Waals surface area contributed by atoms with E-state index in [9.17, 15) is 14.7 Å². The molecular weight excluding hydrogens is 374 g/mol. The van der Waals surface area contributed by atoms with Crippen LogP contribution < -0.4 is 10.7 Å². The second kappa shape index (κ2) is 8.10. The highest BCUT2D eigenvalue weighted by atomic mass is 32.2. The van der Waals surface area contributed by atoms with Crippen LogP contribution in [0.4, 0.5) is 5.69 Å². The summed E-state index contributed by atoms with van der Waals surface area (Å²) < 4.78 is 6.14. The topological polar surface area (TPSA) is 79.5 Å². The Bertz CT molecular complexity index is 1100. The van der Waals surface area contributed by atoms with Gasteiger partial charge in [-0.1, -0.05) is 36.9 Å². The Labute approximate surface area is 167 Å². The molecule has 5 nitrogen and oxygen atoms in total. The van der Waals surface area contributed by atoms with Crippen LogP contribution in [-0.4, -0.2) is 16.8 Å². The summed E-state index contributed by atoms with van der Waals surface area (Å²) in [4.78, 5) is 24.4. The van der Waals surface area contributed by atoms with Crippen LogP contribution in [0.2, 0.25) is 0 Å². The first-order valence-electron chi connectivity index (χ1n) is 9.13. The molecular formula is C22H23NO4S. The van der Waals surface area contributed by atoms with Gasteiger partial charge in [0.15, 0.2) is 10.5 Å². The molecule has 1 unspecified atom stereocenters. The second-order valence-electron chi connectivity index (χ2n) is 6.72. The van der Waals surface area contributed by atoms with Gasteiger partial charge in [-0.05, 0) is 50.3 Å². The highest BCUT2D eigenvalue weighted by molar-refractivity contribution is 7.99. The highest BCUT2D eigenvalue weighted by Gasteiger charge is 2.19. The minimum atomic E-state index is -0.992. The summed E-state index contributed by atoms with van der Waals surface area (Å²) in [5, 5.41) is 13.9. The van der Waals surface area contributed by atoms with E-state index in [0.717, 1.165) is 16.9 Å². The van der Waals surface area contributed by atoms with Crippen LogP contribution in [-0.2, 0) is 0 Å². The Kier molecular flexibility index (Phi) is 5.79. The fraction of sp³-hybridized carbons (Fsp3) is 0.273. The van der Waals surface area contributed by atoms with Crippen LogP contribution in [0.3, 0.4) is 0 Å². The van der Waals surface area contributed by atoms with E-state index in [1.54, 1.807) is 31.2 Å². The molecule has 28 heavy (non-hydrogen) atoms. The lowest BCUT2D eigenvalue weighted by molar-refractivity contribution is 0.0698. The fourth-order valence-electron chi connectivity index (χ4n) is 3.24. The molecule has 1 aromatic heterocycles. The third kappa shape index (κ3) is 3.78. The lowest BCUT2D eigenvalue weighted by atomic mass is 10.00. The summed E-state index contributed by atoms with van der Waals surface area (Å²) in [5.41, 5.74) is 3.63. The lowest BCUT2D eigenvalue weighted by Gasteiger charge is -2.19. The number of thioether (sulfide) groups is 1. The average Bonchev–Trinajstić information content (AvgIpc) is 2.66. The first kappa shape index (κ1) is 20.0. The number of rotatable bonds is 6. The number of nitrogens with one attached hydrogen (secondary N) is 1. The van der Waals surface area contributed by atoms with Gasteiger partial charge >= 0.3 is 5.97 Å². The molecule has 0 amide bonds. The quantitative estimate of drug-likeness (QED) is 0.543. The third-order valence-corrected chi connectivity index (χ3v) is 5.56. The Balaban J connectivity index is 2.14. The van der Waals surface area contributed by atoms with Gasteiger partial charge in [0.2, 0.25) is 0 Å². The number of carboxylic acid groups (broad SMARTS) is 1. The van der Waals surface area contributed by atoms with Crippen molar-refractivity contribution in [2.24, 2.45) is 0 Å². The molecule has 0 aliphatic heterocycles. The number of hydrogen-bond donors (Lipinski definition) is 2. The van der Waals surface area contributed by atoms with Crippen LogP contribution in [0.5, 0.6) is 0 Å². The van der Waals surface area contributed by atoms with E-state index < -0.39 is 5.97 Å². The van der Waals surface area contributed by atoms with Gasteiger partial charge in [-0.15, -0.1) is 0 Å². The van der Waals surface area contributed by atoms with E-state index in [0.29, 0.717) is 27.3 Å². The van der Waals surface area contributed by atoms with Crippen molar-refractivity contribution in [3.63, 3.8) is 0 Å². The SMILES string of the molecule is CCSc1oc2c(C(C)Nc3ccccc3C(=O)O)cc(C)cc2c(=O)c1C. The van der Waals surface area contributed by atoms with Crippen LogP contribution >= 0.6 is 11.8 Å². The number of aryl methyl sites for hydroxylation is 1. The fourth-order valence-corrected chi connectivity index (χ4v) is 3.96. The number of para-hydroxylation sites is 1. The molecule has 6 heteroatoms. The summed E-state index contributed by atoms with van der Waals surface area (Å²) in [7, 11) is 0. The molecule has 1 atom stereocenters. The molecule has 0 aliphatic rings. The van der Waals surface area contributed by atoms with Crippen molar-refractivity contribution in [2.45, 2.75) is 38.8 Å². The molecule has 0 saturated carbocycles. The number of aromatic carboxylic acids is 1. The van der Waals surface area contributed by atoms with E-state index in [2.05, 4.69) is 5.32 Å². The lowest BCUT2D eigenvalue weighted by Crippen LogP contribution is -2.13. The standard InChI is InChI=1S/C22H23NO4S/c1-5-28-22-13(3)19(24)17-11-12(2)10-16(20(17)27-22)14(4)23-18-9-7-6-8-15(18)21(25)26/h6-11,14,23H,5H2,1-4H3,(H,25,26). The minimum Gasteiger partial charge on any atom is -0.478 e. The van der Waals surface area contributed by atoms with Crippen molar-refractivity contribution < 1.29 is 14.3 Å². The van der Waals surface area contributed by atoms with E-state index >= 15 is 0 Å². The minimum absolute atomic E-state index is 0.0275. The van der Waals surface area contributed by atoms with Gasteiger partial charge in [-0.2, -0.15) is 0 Å². The molecule has 3 rings (SSSR count). The normalized spacial score (nSPS) is 12.1. The van der Waals surface area contributed by atoms with E-state index in [-0.39, 0.29) is 17.0 Å². The monoisotopic (exact) mass is 397 g/mol. The third-order valence-electron chi connectivity index (χ3n) is 4.62. The molecule has 146 valence electrons. The van der Waals surface area contributed by atoms with Gasteiger partial charge in [0.25, 0.3) is 0 Å². The second-order valence-corrected chi connectivity index (χ2v) is 7.96. The summed E-state index contributed by atoms with van der Waals surface area (Å²) in [6.45, 7) is 7.66. The largest absolute Gasteiger partial charge is 0.478 e. The number of carboxylic acids is 1. The molecule has 0 saturated heterocycles. The van der Waals surface area contributed by atoms with Gasteiger partial charge < -0.3 is 14.8 Å². The smallest absolute Gasteiger partial charge is 0.337 e. The zero-order valence-corrected chi connectivity index (χ0v) is 17.1. The van der Waals surface area contributed by atoms with Crippen LogP contribution in [0.1, 0.15) is 46.9 Å². The molecule has 2 N–H and O–H groups in total. The van der Waals surface area contributed by atoms with Crippen molar-refractivity contribution in [1.29, 1.82) is 0 Å². The Morgan fingerprint density at radius 2 is 1.96 bits per heavy atom. The molecule has 0 bridgehead atoms. The number of hydrogen-bond acceptors (Lipinski definition) is 5. The van der Waals surface area contributed by atoms with Crippen molar-refractivity contribution >= 4 is 34.4 Å². The maximum atomic E-state index is 12.9. The van der Waals surface area contributed by atoms with Crippen molar-refractivity contribution in [1.82, 2.24) is 0 Å². The number of anilines is 1. The predicted molar refractivity (Wildman–Crippen MR) is 114 cm³/mol. The average molecular weight is 397 g/mol. The molecule has 0 radical (unpaired) electrons. The first-order valence-corrected chi connectivity index (χ1v) is 10.1. The van der Waals surface area contributed by atoms with Crippen LogP contribution in [0.25, 0.3) is 11.0 Å². The van der Waals surface area contributed by atoms with E-state index in [1.165, 1.54) is 11.8 Å². The molecule has 2 aromatic carbocycles. The van der Waals surface area contributed by atoms with Gasteiger partial charge in [-0.25, -0.2) is 4.79 Å².